The molecule has 0 saturated carbocycles. The molecule has 1 aromatic rings. The van der Waals surface area contributed by atoms with Crippen LogP contribution in [0.5, 0.6) is 0 Å². The highest BCUT2D eigenvalue weighted by atomic mass is 32.2. The second-order valence-electron chi connectivity index (χ2n) is 5.92. The van der Waals surface area contributed by atoms with Gasteiger partial charge >= 0.3 is 0 Å². The number of nitrogens with zero attached hydrogens (tertiary/aromatic N) is 4. The molecule has 2 rings (SSSR count). The van der Waals surface area contributed by atoms with Crippen molar-refractivity contribution in [3.8, 4) is 0 Å². The fourth-order valence-corrected chi connectivity index (χ4v) is 3.72. The fraction of sp³-hybridized carbons (Fsp3) is 0.643. The van der Waals surface area contributed by atoms with Gasteiger partial charge in [-0.15, -0.1) is 0 Å². The van der Waals surface area contributed by atoms with Crippen molar-refractivity contribution in [2.24, 2.45) is 0 Å². The highest BCUT2D eigenvalue weighted by Crippen LogP contribution is 2.30. The molecular weight excluding hydrogens is 288 g/mol. The van der Waals surface area contributed by atoms with E-state index in [0.717, 1.165) is 23.5 Å². The minimum Gasteiger partial charge on any atom is -0.378 e. The Kier molecular flexibility index (Phi) is 4.55. The molecule has 0 bridgehead atoms. The van der Waals surface area contributed by atoms with Gasteiger partial charge in [0.1, 0.15) is 0 Å². The van der Waals surface area contributed by atoms with Crippen molar-refractivity contribution in [3.05, 3.63) is 23.5 Å². The first kappa shape index (κ1) is 16.2. The summed E-state index contributed by atoms with van der Waals surface area (Å²) in [5.41, 5.74) is 3.05. The van der Waals surface area contributed by atoms with Crippen LogP contribution in [0.2, 0.25) is 0 Å². The summed E-state index contributed by atoms with van der Waals surface area (Å²) in [6, 6.07) is 4.09. The molecule has 0 aliphatic carbocycles. The predicted octanol–water partition coefficient (Wildman–Crippen LogP) is 1.05. The molecular formula is C14H24N4O2S. The van der Waals surface area contributed by atoms with Gasteiger partial charge in [0.25, 0.3) is 10.2 Å². The molecule has 0 spiro atoms. The number of aromatic nitrogens is 1. The van der Waals surface area contributed by atoms with E-state index in [-0.39, 0.29) is 5.92 Å². The number of hydrogen-bond donors (Lipinski definition) is 0. The molecule has 0 aromatic carbocycles. The maximum absolute atomic E-state index is 12.2. The highest BCUT2D eigenvalue weighted by molar-refractivity contribution is 7.86. The van der Waals surface area contributed by atoms with Crippen molar-refractivity contribution in [3.63, 3.8) is 0 Å². The van der Waals surface area contributed by atoms with Gasteiger partial charge in [-0.3, -0.25) is 4.98 Å². The maximum Gasteiger partial charge on any atom is 0.281 e. The SMILES string of the molecule is Cc1cc(N(C)C)cc([C@@H]2CCN(S(=O)(=O)N(C)C)C2)n1. The van der Waals surface area contributed by atoms with E-state index >= 15 is 0 Å². The van der Waals surface area contributed by atoms with Crippen molar-refractivity contribution in [1.29, 1.82) is 0 Å². The lowest BCUT2D eigenvalue weighted by Crippen LogP contribution is -2.38. The molecule has 1 atom stereocenters. The van der Waals surface area contributed by atoms with Crippen LogP contribution in [0.1, 0.15) is 23.7 Å². The van der Waals surface area contributed by atoms with Crippen LogP contribution < -0.4 is 4.90 Å². The summed E-state index contributed by atoms with van der Waals surface area (Å²) in [7, 11) is 3.80. The number of hydrogen-bond acceptors (Lipinski definition) is 4. The number of anilines is 1. The smallest absolute Gasteiger partial charge is 0.281 e. The largest absolute Gasteiger partial charge is 0.378 e. The second-order valence-corrected chi connectivity index (χ2v) is 8.06. The summed E-state index contributed by atoms with van der Waals surface area (Å²) in [4.78, 5) is 6.64. The number of aryl methyl sites for hydroxylation is 1. The van der Waals surface area contributed by atoms with Crippen LogP contribution in [0.3, 0.4) is 0 Å². The van der Waals surface area contributed by atoms with Crippen LogP contribution in [0, 0.1) is 6.92 Å². The molecule has 1 aliphatic heterocycles. The normalized spacial score (nSPS) is 20.2. The summed E-state index contributed by atoms with van der Waals surface area (Å²) in [5, 5.41) is 0. The first-order valence-corrected chi connectivity index (χ1v) is 8.45. The molecule has 0 radical (unpaired) electrons. The van der Waals surface area contributed by atoms with Crippen LogP contribution in [0.15, 0.2) is 12.1 Å². The van der Waals surface area contributed by atoms with Gasteiger partial charge in [0.2, 0.25) is 0 Å². The third-order valence-corrected chi connectivity index (χ3v) is 5.74. The van der Waals surface area contributed by atoms with Crippen molar-refractivity contribution < 1.29 is 8.42 Å². The van der Waals surface area contributed by atoms with Gasteiger partial charge in [-0.05, 0) is 25.5 Å². The third kappa shape index (κ3) is 3.36. The van der Waals surface area contributed by atoms with Gasteiger partial charge in [0, 0.05) is 64.3 Å². The minimum absolute atomic E-state index is 0.165. The molecule has 0 N–H and O–H groups in total. The first-order valence-electron chi connectivity index (χ1n) is 7.05. The van der Waals surface area contributed by atoms with Gasteiger partial charge < -0.3 is 4.90 Å². The molecule has 7 heteroatoms. The zero-order chi connectivity index (χ0) is 15.8. The van der Waals surface area contributed by atoms with Crippen LogP contribution in [0.25, 0.3) is 0 Å². The van der Waals surface area contributed by atoms with Gasteiger partial charge in [-0.2, -0.15) is 17.0 Å². The van der Waals surface area contributed by atoms with E-state index in [4.69, 9.17) is 0 Å². The standard InChI is InChI=1S/C14H24N4O2S/c1-11-8-13(16(2)3)9-14(15-11)12-6-7-18(10-12)21(19,20)17(4)5/h8-9,12H,6-7,10H2,1-5H3/t12-/m1/s1. The highest BCUT2D eigenvalue weighted by Gasteiger charge is 2.34. The Labute approximate surface area is 127 Å². The molecule has 118 valence electrons. The fourth-order valence-electron chi connectivity index (χ4n) is 2.55. The first-order chi connectivity index (χ1) is 9.71. The Morgan fingerprint density at radius 1 is 1.24 bits per heavy atom. The molecule has 1 saturated heterocycles. The van der Waals surface area contributed by atoms with Crippen LogP contribution in [0.4, 0.5) is 5.69 Å². The van der Waals surface area contributed by atoms with Crippen molar-refractivity contribution in [1.82, 2.24) is 13.6 Å². The minimum atomic E-state index is -3.33. The Balaban J connectivity index is 2.22. The molecule has 2 heterocycles. The van der Waals surface area contributed by atoms with Crippen LogP contribution in [-0.2, 0) is 10.2 Å². The van der Waals surface area contributed by atoms with E-state index in [2.05, 4.69) is 11.1 Å². The average Bonchev–Trinajstić information content (AvgIpc) is 2.87. The zero-order valence-corrected chi connectivity index (χ0v) is 14.2. The summed E-state index contributed by atoms with van der Waals surface area (Å²) < 4.78 is 27.2. The maximum atomic E-state index is 12.2. The summed E-state index contributed by atoms with van der Waals surface area (Å²) in [6.45, 7) is 3.03. The molecule has 21 heavy (non-hydrogen) atoms. The van der Waals surface area contributed by atoms with E-state index in [9.17, 15) is 8.42 Å². The molecule has 0 amide bonds. The molecule has 1 fully saturated rings. The monoisotopic (exact) mass is 312 g/mol. The van der Waals surface area contributed by atoms with Crippen LogP contribution >= 0.6 is 0 Å². The van der Waals surface area contributed by atoms with E-state index in [1.54, 1.807) is 14.1 Å². The van der Waals surface area contributed by atoms with Gasteiger partial charge in [-0.25, -0.2) is 0 Å². The molecule has 6 nitrogen and oxygen atoms in total. The topological polar surface area (TPSA) is 56.8 Å². The predicted molar refractivity (Wildman–Crippen MR) is 84.8 cm³/mol. The summed E-state index contributed by atoms with van der Waals surface area (Å²) in [5.74, 6) is 0.165. The Morgan fingerprint density at radius 2 is 1.90 bits per heavy atom. The Morgan fingerprint density at radius 3 is 2.48 bits per heavy atom. The van der Waals surface area contributed by atoms with E-state index in [1.807, 2.05) is 32.0 Å². The zero-order valence-electron chi connectivity index (χ0n) is 13.4. The Hall–Kier alpha value is -1.18. The van der Waals surface area contributed by atoms with Gasteiger partial charge in [0.15, 0.2) is 0 Å². The van der Waals surface area contributed by atoms with Gasteiger partial charge in [-0.1, -0.05) is 0 Å². The van der Waals surface area contributed by atoms with E-state index in [0.29, 0.717) is 13.1 Å². The molecule has 1 aliphatic rings. The quantitative estimate of drug-likeness (QED) is 0.834. The summed E-state index contributed by atoms with van der Waals surface area (Å²) in [6.07, 6.45) is 0.816. The molecule has 1 aromatic heterocycles. The average molecular weight is 312 g/mol. The number of rotatable bonds is 4. The van der Waals surface area contributed by atoms with Gasteiger partial charge in [0.05, 0.1) is 0 Å². The number of pyridine rings is 1. The third-order valence-electron chi connectivity index (χ3n) is 3.83. The van der Waals surface area contributed by atoms with E-state index in [1.165, 1.54) is 8.61 Å². The second kappa shape index (κ2) is 5.90. The Bertz CT molecular complexity index is 613. The lowest BCUT2D eigenvalue weighted by atomic mass is 10.0. The van der Waals surface area contributed by atoms with Crippen molar-refractivity contribution in [2.45, 2.75) is 19.3 Å². The lowest BCUT2D eigenvalue weighted by Gasteiger charge is -2.21. The van der Waals surface area contributed by atoms with Crippen molar-refractivity contribution in [2.75, 3.05) is 46.2 Å². The van der Waals surface area contributed by atoms with Crippen LogP contribution in [-0.4, -0.2) is 63.3 Å². The van der Waals surface area contributed by atoms with E-state index < -0.39 is 10.2 Å². The molecule has 0 unspecified atom stereocenters. The van der Waals surface area contributed by atoms with Crippen molar-refractivity contribution >= 4 is 15.9 Å². The summed E-state index contributed by atoms with van der Waals surface area (Å²) >= 11 is 0. The lowest BCUT2D eigenvalue weighted by molar-refractivity contribution is 0.418.